The number of aromatic nitrogens is 2. The number of rotatable bonds is 4. The van der Waals surface area contributed by atoms with Crippen LogP contribution in [-0.4, -0.2) is 32.3 Å². The lowest BCUT2D eigenvalue weighted by Crippen LogP contribution is -2.26. The van der Waals surface area contributed by atoms with Crippen LogP contribution in [0.2, 0.25) is 0 Å². The molecule has 19 heavy (non-hydrogen) atoms. The summed E-state index contributed by atoms with van der Waals surface area (Å²) in [7, 11) is -0.703. The Morgan fingerprint density at radius 1 is 1.42 bits per heavy atom. The van der Waals surface area contributed by atoms with Gasteiger partial charge in [-0.15, -0.1) is 0 Å². The van der Waals surface area contributed by atoms with Crippen molar-refractivity contribution in [3.8, 4) is 0 Å². The molecule has 2 heterocycles. The first-order chi connectivity index (χ1) is 8.89. The Bertz CT molecular complexity index is 474. The fourth-order valence-electron chi connectivity index (χ4n) is 2.61. The highest BCUT2D eigenvalue weighted by Crippen LogP contribution is 2.26. The summed E-state index contributed by atoms with van der Waals surface area (Å²) >= 11 is 0. The van der Waals surface area contributed by atoms with Crippen molar-refractivity contribution < 1.29 is 4.21 Å². The second-order valence-electron chi connectivity index (χ2n) is 6.29. The highest BCUT2D eigenvalue weighted by molar-refractivity contribution is 7.84. The van der Waals surface area contributed by atoms with Gasteiger partial charge >= 0.3 is 0 Å². The molecule has 1 unspecified atom stereocenters. The topological polar surface area (TPSA) is 46.9 Å². The molecular formula is C14H25N3OS. The molecule has 2 rings (SSSR count). The molecule has 0 aliphatic carbocycles. The van der Waals surface area contributed by atoms with Gasteiger partial charge in [0.1, 0.15) is 5.82 Å². The van der Waals surface area contributed by atoms with E-state index in [2.05, 4.69) is 30.7 Å². The summed E-state index contributed by atoms with van der Waals surface area (Å²) < 4.78 is 13.6. The van der Waals surface area contributed by atoms with Crippen molar-refractivity contribution in [3.63, 3.8) is 0 Å². The zero-order valence-electron chi connectivity index (χ0n) is 12.5. The van der Waals surface area contributed by atoms with Crippen LogP contribution < -0.4 is 5.32 Å². The summed E-state index contributed by atoms with van der Waals surface area (Å²) in [4.78, 5) is 4.84. The zero-order chi connectivity index (χ0) is 14.0. The Labute approximate surface area is 118 Å². The Hall–Kier alpha value is -0.680. The predicted molar refractivity (Wildman–Crippen MR) is 79.9 cm³/mol. The monoisotopic (exact) mass is 283 g/mol. The Kier molecular flexibility index (Phi) is 4.46. The van der Waals surface area contributed by atoms with Gasteiger partial charge in [-0.05, 0) is 6.42 Å². The number of imidazole rings is 1. The molecule has 1 aromatic heterocycles. The summed E-state index contributed by atoms with van der Waals surface area (Å²) in [5, 5.41) is 3.38. The van der Waals surface area contributed by atoms with E-state index in [1.807, 2.05) is 0 Å². The summed E-state index contributed by atoms with van der Waals surface area (Å²) in [6, 6.07) is 0. The van der Waals surface area contributed by atoms with E-state index in [4.69, 9.17) is 4.98 Å². The second-order valence-corrected chi connectivity index (χ2v) is 7.84. The minimum atomic E-state index is -0.703. The van der Waals surface area contributed by atoms with Crippen molar-refractivity contribution in [1.82, 2.24) is 14.9 Å². The summed E-state index contributed by atoms with van der Waals surface area (Å²) in [5.41, 5.74) is 2.64. The van der Waals surface area contributed by atoms with Crippen molar-refractivity contribution in [2.45, 2.75) is 52.1 Å². The van der Waals surface area contributed by atoms with Gasteiger partial charge in [0.25, 0.3) is 0 Å². The first-order valence-corrected chi connectivity index (χ1v) is 8.72. The van der Waals surface area contributed by atoms with Crippen LogP contribution in [0, 0.1) is 0 Å². The SMILES string of the molecule is CS(=O)CCCn1c(C(C)(C)C)nc2c1CCNC2. The molecule has 5 heteroatoms. The summed E-state index contributed by atoms with van der Waals surface area (Å²) in [6.45, 7) is 9.48. The van der Waals surface area contributed by atoms with Gasteiger partial charge in [0, 0.05) is 60.0 Å². The largest absolute Gasteiger partial charge is 0.331 e. The molecule has 108 valence electrons. The fourth-order valence-corrected chi connectivity index (χ4v) is 3.15. The molecule has 0 spiro atoms. The Morgan fingerprint density at radius 3 is 2.79 bits per heavy atom. The molecule has 0 saturated heterocycles. The molecule has 1 atom stereocenters. The van der Waals surface area contributed by atoms with Crippen molar-refractivity contribution >= 4 is 10.8 Å². The van der Waals surface area contributed by atoms with Gasteiger partial charge in [0.2, 0.25) is 0 Å². The first kappa shape index (κ1) is 14.7. The third kappa shape index (κ3) is 3.45. The minimum Gasteiger partial charge on any atom is -0.331 e. The van der Waals surface area contributed by atoms with Crippen LogP contribution in [0.4, 0.5) is 0 Å². The zero-order valence-corrected chi connectivity index (χ0v) is 13.3. The summed E-state index contributed by atoms with van der Waals surface area (Å²) in [6.07, 6.45) is 3.79. The average Bonchev–Trinajstić information content (AvgIpc) is 2.68. The van der Waals surface area contributed by atoms with Gasteiger partial charge in [-0.3, -0.25) is 4.21 Å². The number of nitrogens with one attached hydrogen (secondary N) is 1. The fraction of sp³-hybridized carbons (Fsp3) is 0.786. The molecule has 0 amide bonds. The average molecular weight is 283 g/mol. The van der Waals surface area contributed by atoms with Crippen LogP contribution >= 0.6 is 0 Å². The molecule has 0 fully saturated rings. The normalized spacial score (nSPS) is 17.3. The Balaban J connectivity index is 2.27. The summed E-state index contributed by atoms with van der Waals surface area (Å²) in [5.74, 6) is 1.94. The first-order valence-electron chi connectivity index (χ1n) is 6.99. The van der Waals surface area contributed by atoms with Crippen LogP contribution in [-0.2, 0) is 35.7 Å². The lowest BCUT2D eigenvalue weighted by molar-refractivity contribution is 0.486. The maximum Gasteiger partial charge on any atom is 0.114 e. The van der Waals surface area contributed by atoms with Crippen LogP contribution in [0.5, 0.6) is 0 Å². The lowest BCUT2D eigenvalue weighted by atomic mass is 9.95. The van der Waals surface area contributed by atoms with E-state index >= 15 is 0 Å². The Morgan fingerprint density at radius 2 is 2.16 bits per heavy atom. The van der Waals surface area contributed by atoms with E-state index in [-0.39, 0.29) is 5.41 Å². The standard InChI is InChI=1S/C14H25N3OS/c1-14(2,3)13-16-11-10-15-7-6-12(11)17(13)8-5-9-19(4)18/h15H,5-10H2,1-4H3. The molecule has 4 nitrogen and oxygen atoms in total. The van der Waals surface area contributed by atoms with Gasteiger partial charge in [-0.1, -0.05) is 20.8 Å². The van der Waals surface area contributed by atoms with E-state index in [0.29, 0.717) is 0 Å². The quantitative estimate of drug-likeness (QED) is 0.913. The van der Waals surface area contributed by atoms with Crippen molar-refractivity contribution in [1.29, 1.82) is 0 Å². The maximum absolute atomic E-state index is 11.2. The number of fused-ring (bicyclic) bond motifs is 1. The van der Waals surface area contributed by atoms with Crippen LogP contribution in [0.3, 0.4) is 0 Å². The van der Waals surface area contributed by atoms with Crippen LogP contribution in [0.1, 0.15) is 44.4 Å². The molecular weight excluding hydrogens is 258 g/mol. The molecule has 0 bridgehead atoms. The number of hydrogen-bond acceptors (Lipinski definition) is 3. The molecule has 0 saturated carbocycles. The van der Waals surface area contributed by atoms with E-state index in [1.165, 1.54) is 17.2 Å². The highest BCUT2D eigenvalue weighted by Gasteiger charge is 2.26. The van der Waals surface area contributed by atoms with Crippen molar-refractivity contribution in [3.05, 3.63) is 17.2 Å². The smallest absolute Gasteiger partial charge is 0.114 e. The second kappa shape index (κ2) is 5.75. The van der Waals surface area contributed by atoms with E-state index in [0.717, 1.165) is 38.2 Å². The van der Waals surface area contributed by atoms with Crippen molar-refractivity contribution in [2.75, 3.05) is 18.6 Å². The minimum absolute atomic E-state index is 0.0582. The molecule has 0 aromatic carbocycles. The molecule has 0 radical (unpaired) electrons. The predicted octanol–water partition coefficient (Wildman–Crippen LogP) is 1.59. The van der Waals surface area contributed by atoms with Gasteiger partial charge in [0.15, 0.2) is 0 Å². The molecule has 1 aliphatic rings. The third-order valence-electron chi connectivity index (χ3n) is 3.47. The van der Waals surface area contributed by atoms with Gasteiger partial charge in [-0.25, -0.2) is 4.98 Å². The number of nitrogens with zero attached hydrogens (tertiary/aromatic N) is 2. The third-order valence-corrected chi connectivity index (χ3v) is 4.33. The highest BCUT2D eigenvalue weighted by atomic mass is 32.2. The van der Waals surface area contributed by atoms with Gasteiger partial charge in [-0.2, -0.15) is 0 Å². The van der Waals surface area contributed by atoms with Crippen LogP contribution in [0.25, 0.3) is 0 Å². The van der Waals surface area contributed by atoms with Crippen LogP contribution in [0.15, 0.2) is 0 Å². The van der Waals surface area contributed by atoms with E-state index in [9.17, 15) is 4.21 Å². The van der Waals surface area contributed by atoms with Gasteiger partial charge in [0.05, 0.1) is 5.69 Å². The van der Waals surface area contributed by atoms with E-state index < -0.39 is 10.8 Å². The lowest BCUT2D eigenvalue weighted by Gasteiger charge is -2.21. The molecule has 1 aromatic rings. The molecule has 1 aliphatic heterocycles. The molecule has 1 N–H and O–H groups in total. The number of hydrogen-bond donors (Lipinski definition) is 1. The maximum atomic E-state index is 11.2. The van der Waals surface area contributed by atoms with Crippen molar-refractivity contribution in [2.24, 2.45) is 0 Å². The van der Waals surface area contributed by atoms with E-state index in [1.54, 1.807) is 6.26 Å². The van der Waals surface area contributed by atoms with Gasteiger partial charge < -0.3 is 9.88 Å².